The Morgan fingerprint density at radius 3 is 2.83 bits per heavy atom. The number of aliphatic hydroxyl groups is 1. The van der Waals surface area contributed by atoms with Gasteiger partial charge in [0, 0.05) is 18.9 Å². The number of hydrogen-bond acceptors (Lipinski definition) is 5. The van der Waals surface area contributed by atoms with Crippen molar-refractivity contribution in [3.8, 4) is 17.6 Å². The first-order valence-corrected chi connectivity index (χ1v) is 5.61. The molecule has 1 aromatic rings. The van der Waals surface area contributed by atoms with E-state index in [0.29, 0.717) is 37.7 Å². The molecule has 1 N–H and O–H groups in total. The molecule has 0 aliphatic heterocycles. The predicted octanol–water partition coefficient (Wildman–Crippen LogP) is 0.467. The van der Waals surface area contributed by atoms with Gasteiger partial charge in [0.25, 0.3) is 0 Å². The van der Waals surface area contributed by atoms with Crippen LogP contribution in [-0.2, 0) is 9.47 Å². The van der Waals surface area contributed by atoms with E-state index < -0.39 is 0 Å². The summed E-state index contributed by atoms with van der Waals surface area (Å²) < 4.78 is 15.6. The molecule has 0 aliphatic rings. The average Bonchev–Trinajstić information content (AvgIpc) is 2.41. The summed E-state index contributed by atoms with van der Waals surface area (Å²) in [6, 6.07) is 1.77. The fraction of sp³-hybridized carbons (Fsp3) is 0.462. The number of pyridine rings is 1. The lowest BCUT2D eigenvalue weighted by Gasteiger charge is -2.06. The Kier molecular flexibility index (Phi) is 7.57. The summed E-state index contributed by atoms with van der Waals surface area (Å²) in [5.74, 6) is 5.95. The van der Waals surface area contributed by atoms with E-state index in [0.717, 1.165) is 0 Å². The van der Waals surface area contributed by atoms with E-state index in [1.165, 1.54) is 0 Å². The maximum atomic E-state index is 8.59. The average molecular weight is 251 g/mol. The lowest BCUT2D eigenvalue weighted by Crippen LogP contribution is -2.10. The van der Waals surface area contributed by atoms with Crippen LogP contribution in [0, 0.1) is 11.8 Å². The molecule has 0 radical (unpaired) electrons. The van der Waals surface area contributed by atoms with E-state index in [9.17, 15) is 0 Å². The van der Waals surface area contributed by atoms with Crippen molar-refractivity contribution in [2.45, 2.75) is 0 Å². The number of hydrogen-bond donors (Lipinski definition) is 1. The van der Waals surface area contributed by atoms with E-state index in [2.05, 4.69) is 16.8 Å². The highest BCUT2D eigenvalue weighted by Gasteiger charge is 1.96. The minimum absolute atomic E-state index is 0.168. The van der Waals surface area contributed by atoms with Gasteiger partial charge in [0.15, 0.2) is 0 Å². The molecule has 0 amide bonds. The van der Waals surface area contributed by atoms with E-state index in [1.54, 1.807) is 25.6 Å². The third kappa shape index (κ3) is 6.21. The Hall–Kier alpha value is -1.61. The molecule has 0 saturated heterocycles. The van der Waals surface area contributed by atoms with Gasteiger partial charge in [-0.05, 0) is 6.07 Å². The molecule has 1 rings (SSSR count). The van der Waals surface area contributed by atoms with Crippen molar-refractivity contribution in [1.29, 1.82) is 0 Å². The second-order valence-corrected chi connectivity index (χ2v) is 3.32. The molecule has 5 nitrogen and oxygen atoms in total. The normalized spacial score (nSPS) is 9.67. The summed E-state index contributed by atoms with van der Waals surface area (Å²) in [6.07, 6.45) is 3.23. The zero-order chi connectivity index (χ0) is 13.1. The molecule has 0 spiro atoms. The topological polar surface area (TPSA) is 60.8 Å². The van der Waals surface area contributed by atoms with Crippen molar-refractivity contribution >= 4 is 0 Å². The van der Waals surface area contributed by atoms with Gasteiger partial charge in [-0.2, -0.15) is 0 Å². The van der Waals surface area contributed by atoms with Gasteiger partial charge >= 0.3 is 0 Å². The van der Waals surface area contributed by atoms with Gasteiger partial charge in [-0.3, -0.25) is 4.98 Å². The number of aliphatic hydroxyl groups excluding tert-OH is 1. The third-order valence-corrected chi connectivity index (χ3v) is 1.95. The van der Waals surface area contributed by atoms with Crippen molar-refractivity contribution in [1.82, 2.24) is 4.98 Å². The Balaban J connectivity index is 2.29. The number of aromatic nitrogens is 1. The summed E-state index contributed by atoms with van der Waals surface area (Å²) >= 11 is 0. The lowest BCUT2D eigenvalue weighted by atomic mass is 10.3. The van der Waals surface area contributed by atoms with E-state index in [-0.39, 0.29) is 6.61 Å². The van der Waals surface area contributed by atoms with Crippen molar-refractivity contribution in [3.63, 3.8) is 0 Å². The molecule has 5 heteroatoms. The number of rotatable bonds is 7. The minimum Gasteiger partial charge on any atom is -0.490 e. The molecular weight excluding hydrogens is 234 g/mol. The van der Waals surface area contributed by atoms with E-state index in [1.807, 2.05) is 0 Å². The van der Waals surface area contributed by atoms with Crippen LogP contribution in [0.3, 0.4) is 0 Å². The maximum Gasteiger partial charge on any atom is 0.138 e. The number of ether oxygens (including phenoxy) is 3. The second kappa shape index (κ2) is 9.42. The predicted molar refractivity (Wildman–Crippen MR) is 66.4 cm³/mol. The summed E-state index contributed by atoms with van der Waals surface area (Å²) in [6.45, 7) is 1.91. The van der Waals surface area contributed by atoms with Crippen LogP contribution in [0.2, 0.25) is 0 Å². The molecule has 0 aliphatic carbocycles. The van der Waals surface area contributed by atoms with Crippen molar-refractivity contribution < 1.29 is 19.3 Å². The fourth-order valence-corrected chi connectivity index (χ4v) is 1.17. The molecule has 0 atom stereocenters. The molecule has 0 saturated carbocycles. The van der Waals surface area contributed by atoms with Crippen molar-refractivity contribution in [2.24, 2.45) is 0 Å². The molecule has 0 fully saturated rings. The lowest BCUT2D eigenvalue weighted by molar-refractivity contribution is 0.0543. The van der Waals surface area contributed by atoms with Crippen LogP contribution < -0.4 is 4.74 Å². The maximum absolute atomic E-state index is 8.59. The largest absolute Gasteiger partial charge is 0.490 e. The summed E-state index contributed by atoms with van der Waals surface area (Å²) in [7, 11) is 1.63. The quantitative estimate of drug-likeness (QED) is 0.564. The smallest absolute Gasteiger partial charge is 0.138 e. The zero-order valence-electron chi connectivity index (χ0n) is 10.4. The molecule has 0 aromatic carbocycles. The Morgan fingerprint density at radius 1 is 1.22 bits per heavy atom. The molecular formula is C13H17NO4. The van der Waals surface area contributed by atoms with Gasteiger partial charge in [0.1, 0.15) is 19.0 Å². The van der Waals surface area contributed by atoms with Gasteiger partial charge in [-0.1, -0.05) is 11.8 Å². The van der Waals surface area contributed by atoms with Crippen LogP contribution in [0.25, 0.3) is 0 Å². The molecule has 0 bridgehead atoms. The molecule has 98 valence electrons. The highest BCUT2D eigenvalue weighted by atomic mass is 16.5. The van der Waals surface area contributed by atoms with Gasteiger partial charge in [0.05, 0.1) is 26.0 Å². The molecule has 1 heterocycles. The fourth-order valence-electron chi connectivity index (χ4n) is 1.17. The van der Waals surface area contributed by atoms with E-state index >= 15 is 0 Å². The Labute approximate surface area is 107 Å². The number of nitrogens with zero attached hydrogens (tertiary/aromatic N) is 1. The number of methoxy groups -OCH3 is 1. The first-order valence-electron chi connectivity index (χ1n) is 5.61. The summed E-state index contributed by atoms with van der Waals surface area (Å²) in [5.41, 5.74) is 0.710. The highest BCUT2D eigenvalue weighted by molar-refractivity contribution is 5.36. The van der Waals surface area contributed by atoms with Crippen LogP contribution in [0.5, 0.6) is 5.75 Å². The standard InChI is InChI=1S/C13H17NO4/c1-16-5-6-17-7-8-18-13-9-12(3-2-4-15)10-14-11-13/h9-11,15H,4-8H2,1H3. The van der Waals surface area contributed by atoms with Crippen LogP contribution >= 0.6 is 0 Å². The molecule has 0 unspecified atom stereocenters. The summed E-state index contributed by atoms with van der Waals surface area (Å²) in [4.78, 5) is 4.00. The Bertz CT molecular complexity index is 397. The second-order valence-electron chi connectivity index (χ2n) is 3.32. The minimum atomic E-state index is -0.168. The van der Waals surface area contributed by atoms with Crippen molar-refractivity contribution in [3.05, 3.63) is 24.0 Å². The highest BCUT2D eigenvalue weighted by Crippen LogP contribution is 2.09. The van der Waals surface area contributed by atoms with Crippen molar-refractivity contribution in [2.75, 3.05) is 40.1 Å². The van der Waals surface area contributed by atoms with Gasteiger partial charge < -0.3 is 19.3 Å². The molecule has 1 aromatic heterocycles. The van der Waals surface area contributed by atoms with Crippen LogP contribution in [0.4, 0.5) is 0 Å². The van der Waals surface area contributed by atoms with Crippen LogP contribution in [0.15, 0.2) is 18.5 Å². The molecule has 18 heavy (non-hydrogen) atoms. The first-order chi connectivity index (χ1) is 8.86. The summed E-state index contributed by atoms with van der Waals surface area (Å²) in [5, 5.41) is 8.59. The first kappa shape index (κ1) is 14.5. The SMILES string of the molecule is COCCOCCOc1cncc(C#CCO)c1. The van der Waals surface area contributed by atoms with Gasteiger partial charge in [-0.25, -0.2) is 0 Å². The Morgan fingerprint density at radius 2 is 2.06 bits per heavy atom. The van der Waals surface area contributed by atoms with E-state index in [4.69, 9.17) is 19.3 Å². The zero-order valence-corrected chi connectivity index (χ0v) is 10.4. The monoisotopic (exact) mass is 251 g/mol. The van der Waals surface area contributed by atoms with Gasteiger partial charge in [-0.15, -0.1) is 0 Å². The van der Waals surface area contributed by atoms with Gasteiger partial charge in [0.2, 0.25) is 0 Å². The third-order valence-electron chi connectivity index (χ3n) is 1.95. The van der Waals surface area contributed by atoms with Crippen LogP contribution in [-0.4, -0.2) is 50.2 Å². The van der Waals surface area contributed by atoms with Crippen LogP contribution in [0.1, 0.15) is 5.56 Å².